The number of sulfonamides is 1. The predicted molar refractivity (Wildman–Crippen MR) is 93.7 cm³/mol. The first kappa shape index (κ1) is 17.7. The molecule has 0 heterocycles. The van der Waals surface area contributed by atoms with E-state index in [1.807, 2.05) is 25.1 Å². The summed E-state index contributed by atoms with van der Waals surface area (Å²) in [4.78, 5) is 12.2. The van der Waals surface area contributed by atoms with Crippen LogP contribution < -0.4 is 10.0 Å². The first-order chi connectivity index (χ1) is 10.8. The smallest absolute Gasteiger partial charge is 0.242 e. The highest BCUT2D eigenvalue weighted by Crippen LogP contribution is 2.15. The van der Waals surface area contributed by atoms with Crippen LogP contribution >= 0.6 is 15.9 Å². The third-order valence-corrected chi connectivity index (χ3v) is 5.22. The molecule has 2 rings (SSSR count). The molecule has 1 amide bonds. The van der Waals surface area contributed by atoms with E-state index in [0.717, 1.165) is 10.0 Å². The zero-order valence-electron chi connectivity index (χ0n) is 12.7. The maximum absolute atomic E-state index is 12.3. The Morgan fingerprint density at radius 3 is 2.39 bits per heavy atom. The molecule has 7 heteroatoms. The Balaban J connectivity index is 2.06. The van der Waals surface area contributed by atoms with Crippen molar-refractivity contribution in [1.29, 1.82) is 0 Å². The molecule has 2 N–H and O–H groups in total. The molecule has 0 fully saturated rings. The van der Waals surface area contributed by atoms with Crippen molar-refractivity contribution < 1.29 is 13.2 Å². The Kier molecular flexibility index (Phi) is 5.56. The summed E-state index contributed by atoms with van der Waals surface area (Å²) >= 11 is 3.25. The number of aryl methyl sites for hydroxylation is 1. The lowest BCUT2D eigenvalue weighted by Crippen LogP contribution is -2.41. The van der Waals surface area contributed by atoms with Crippen LogP contribution in [0, 0.1) is 6.92 Å². The van der Waals surface area contributed by atoms with E-state index in [4.69, 9.17) is 0 Å². The number of nitrogens with one attached hydrogen (secondary N) is 2. The van der Waals surface area contributed by atoms with E-state index >= 15 is 0 Å². The second-order valence-corrected chi connectivity index (χ2v) is 7.79. The van der Waals surface area contributed by atoms with Gasteiger partial charge in [-0.25, -0.2) is 8.42 Å². The molecule has 1 unspecified atom stereocenters. The van der Waals surface area contributed by atoms with Crippen molar-refractivity contribution >= 4 is 37.5 Å². The summed E-state index contributed by atoms with van der Waals surface area (Å²) in [6.07, 6.45) is 0. The van der Waals surface area contributed by atoms with Gasteiger partial charge in [-0.1, -0.05) is 28.1 Å². The van der Waals surface area contributed by atoms with Crippen molar-refractivity contribution in [1.82, 2.24) is 4.72 Å². The molecule has 0 radical (unpaired) electrons. The molecule has 0 saturated carbocycles. The van der Waals surface area contributed by atoms with E-state index in [0.29, 0.717) is 5.69 Å². The fourth-order valence-corrected chi connectivity index (χ4v) is 3.41. The average molecular weight is 397 g/mol. The quantitative estimate of drug-likeness (QED) is 0.815. The van der Waals surface area contributed by atoms with Gasteiger partial charge in [0, 0.05) is 10.2 Å². The number of rotatable bonds is 5. The van der Waals surface area contributed by atoms with E-state index in [1.54, 1.807) is 18.2 Å². The van der Waals surface area contributed by atoms with Crippen LogP contribution in [0.5, 0.6) is 0 Å². The van der Waals surface area contributed by atoms with Gasteiger partial charge >= 0.3 is 0 Å². The van der Waals surface area contributed by atoms with Crippen LogP contribution in [0.25, 0.3) is 0 Å². The zero-order valence-corrected chi connectivity index (χ0v) is 15.1. The summed E-state index contributed by atoms with van der Waals surface area (Å²) in [7, 11) is -3.75. The highest BCUT2D eigenvalue weighted by atomic mass is 79.9. The molecular formula is C16H17BrN2O3S. The number of halogens is 1. The second-order valence-electron chi connectivity index (χ2n) is 5.16. The molecule has 1 atom stereocenters. The Bertz CT molecular complexity index is 804. The number of hydrogen-bond acceptors (Lipinski definition) is 3. The monoisotopic (exact) mass is 396 g/mol. The molecule has 0 saturated heterocycles. The van der Waals surface area contributed by atoms with E-state index in [1.165, 1.54) is 19.1 Å². The number of carbonyl (C=O) groups is 1. The Labute approximate surface area is 144 Å². The third kappa shape index (κ3) is 4.89. The Morgan fingerprint density at radius 2 is 1.78 bits per heavy atom. The number of carbonyl (C=O) groups excluding carboxylic acids is 1. The first-order valence-electron chi connectivity index (χ1n) is 6.93. The Hall–Kier alpha value is -1.70. The fraction of sp³-hybridized carbons (Fsp3) is 0.188. The van der Waals surface area contributed by atoms with Crippen LogP contribution in [-0.4, -0.2) is 20.4 Å². The molecule has 0 spiro atoms. The van der Waals surface area contributed by atoms with Crippen molar-refractivity contribution in [2.24, 2.45) is 0 Å². The number of hydrogen-bond donors (Lipinski definition) is 2. The van der Waals surface area contributed by atoms with Crippen LogP contribution in [0.2, 0.25) is 0 Å². The normalized spacial score (nSPS) is 12.7. The number of benzene rings is 2. The Morgan fingerprint density at radius 1 is 1.13 bits per heavy atom. The largest absolute Gasteiger partial charge is 0.325 e. The summed E-state index contributed by atoms with van der Waals surface area (Å²) in [6, 6.07) is 12.6. The lowest BCUT2D eigenvalue weighted by atomic mass is 10.2. The van der Waals surface area contributed by atoms with Gasteiger partial charge in [0.1, 0.15) is 0 Å². The van der Waals surface area contributed by atoms with Crippen LogP contribution in [0.1, 0.15) is 12.5 Å². The lowest BCUT2D eigenvalue weighted by molar-refractivity contribution is -0.117. The van der Waals surface area contributed by atoms with E-state index in [9.17, 15) is 13.2 Å². The summed E-state index contributed by atoms with van der Waals surface area (Å²) in [5, 5.41) is 2.69. The molecule has 0 bridgehead atoms. The summed E-state index contributed by atoms with van der Waals surface area (Å²) in [5.74, 6) is -0.420. The molecule has 0 aliphatic carbocycles. The van der Waals surface area contributed by atoms with Crippen molar-refractivity contribution in [2.45, 2.75) is 24.8 Å². The van der Waals surface area contributed by atoms with Crippen LogP contribution in [0.4, 0.5) is 5.69 Å². The minimum atomic E-state index is -3.75. The molecular weight excluding hydrogens is 380 g/mol. The molecule has 0 aliphatic heterocycles. The summed E-state index contributed by atoms with van der Waals surface area (Å²) < 4.78 is 27.7. The van der Waals surface area contributed by atoms with Gasteiger partial charge in [-0.05, 0) is 55.8 Å². The van der Waals surface area contributed by atoms with Crippen LogP contribution in [0.15, 0.2) is 57.9 Å². The predicted octanol–water partition coefficient (Wildman–Crippen LogP) is 3.06. The SMILES string of the molecule is Cc1cccc(NC(=O)C(C)NS(=O)(=O)c2ccc(Br)cc2)c1. The average Bonchev–Trinajstić information content (AvgIpc) is 2.47. The molecule has 2 aromatic rings. The molecule has 23 heavy (non-hydrogen) atoms. The fourth-order valence-electron chi connectivity index (χ4n) is 1.94. The van der Waals surface area contributed by atoms with Crippen LogP contribution in [-0.2, 0) is 14.8 Å². The van der Waals surface area contributed by atoms with Crippen molar-refractivity contribution in [3.63, 3.8) is 0 Å². The number of amides is 1. The minimum absolute atomic E-state index is 0.107. The lowest BCUT2D eigenvalue weighted by Gasteiger charge is -2.15. The van der Waals surface area contributed by atoms with Gasteiger partial charge < -0.3 is 5.32 Å². The molecule has 122 valence electrons. The van der Waals surface area contributed by atoms with Gasteiger partial charge in [0.15, 0.2) is 0 Å². The number of anilines is 1. The second kappa shape index (κ2) is 7.25. The maximum atomic E-state index is 12.3. The topological polar surface area (TPSA) is 75.3 Å². The standard InChI is InChI=1S/C16H17BrN2O3S/c1-11-4-3-5-14(10-11)18-16(20)12(2)19-23(21,22)15-8-6-13(17)7-9-15/h3-10,12,19H,1-2H3,(H,18,20). The first-order valence-corrected chi connectivity index (χ1v) is 9.21. The van der Waals surface area contributed by atoms with Gasteiger partial charge in [-0.15, -0.1) is 0 Å². The van der Waals surface area contributed by atoms with Crippen LogP contribution in [0.3, 0.4) is 0 Å². The van der Waals surface area contributed by atoms with Crippen molar-refractivity contribution in [3.05, 3.63) is 58.6 Å². The molecule has 0 aliphatic rings. The van der Waals surface area contributed by atoms with Gasteiger partial charge in [0.25, 0.3) is 0 Å². The highest BCUT2D eigenvalue weighted by Gasteiger charge is 2.22. The van der Waals surface area contributed by atoms with Gasteiger partial charge in [-0.3, -0.25) is 4.79 Å². The summed E-state index contributed by atoms with van der Waals surface area (Å²) in [5.41, 5.74) is 1.63. The van der Waals surface area contributed by atoms with E-state index in [-0.39, 0.29) is 4.90 Å². The van der Waals surface area contributed by atoms with Crippen molar-refractivity contribution in [2.75, 3.05) is 5.32 Å². The van der Waals surface area contributed by atoms with E-state index in [2.05, 4.69) is 26.0 Å². The molecule has 5 nitrogen and oxygen atoms in total. The van der Waals surface area contributed by atoms with Gasteiger partial charge in [-0.2, -0.15) is 4.72 Å². The molecule has 0 aromatic heterocycles. The van der Waals surface area contributed by atoms with E-state index < -0.39 is 22.0 Å². The zero-order chi connectivity index (χ0) is 17.0. The van der Waals surface area contributed by atoms with Crippen molar-refractivity contribution in [3.8, 4) is 0 Å². The summed E-state index contributed by atoms with van der Waals surface area (Å²) in [6.45, 7) is 3.41. The highest BCUT2D eigenvalue weighted by molar-refractivity contribution is 9.10. The van der Waals surface area contributed by atoms with Gasteiger partial charge in [0.2, 0.25) is 15.9 Å². The third-order valence-electron chi connectivity index (χ3n) is 3.13. The minimum Gasteiger partial charge on any atom is -0.325 e. The maximum Gasteiger partial charge on any atom is 0.242 e. The molecule has 2 aromatic carbocycles. The van der Waals surface area contributed by atoms with Gasteiger partial charge in [0.05, 0.1) is 10.9 Å².